The van der Waals surface area contributed by atoms with Gasteiger partial charge < -0.3 is 13.8 Å². The van der Waals surface area contributed by atoms with Crippen LogP contribution in [0.1, 0.15) is 6.92 Å². The molecule has 12 heteroatoms. The van der Waals surface area contributed by atoms with E-state index in [-0.39, 0.29) is 5.75 Å². The molecular weight excluding hydrogens is 436 g/mol. The van der Waals surface area contributed by atoms with Crippen molar-refractivity contribution in [1.82, 2.24) is 5.09 Å². The largest absolute Gasteiger partial charge is 0.513 e. The van der Waals surface area contributed by atoms with Crippen LogP contribution in [0.3, 0.4) is 0 Å². The molecule has 6 nitrogen and oxygen atoms in total. The molecule has 1 N–H and O–H groups in total. The predicted octanol–water partition coefficient (Wildman–Crippen LogP) is 4.10. The van der Waals surface area contributed by atoms with Crippen LogP contribution in [-0.4, -0.2) is 18.6 Å². The number of hydrogen-bond acceptors (Lipinski definition) is 5. The van der Waals surface area contributed by atoms with Crippen LogP contribution in [0, 0.1) is 41.4 Å². The lowest BCUT2D eigenvalue weighted by molar-refractivity contribution is -0.143. The van der Waals surface area contributed by atoms with Crippen molar-refractivity contribution < 1.29 is 45.1 Å². The summed E-state index contributed by atoms with van der Waals surface area (Å²) in [5.41, 5.74) is 0. The molecule has 0 aliphatic rings. The van der Waals surface area contributed by atoms with Gasteiger partial charge in [-0.25, -0.2) is 17.7 Å². The number of ether oxygens (including phenoxy) is 1. The predicted molar refractivity (Wildman–Crippen MR) is 93.9 cm³/mol. The number of esters is 1. The summed E-state index contributed by atoms with van der Waals surface area (Å²) in [5, 5.41) is 2.00. The molecule has 0 spiro atoms. The minimum atomic E-state index is -4.95. The molecule has 2 aromatic rings. The molecule has 0 aliphatic heterocycles. The Morgan fingerprint density at radius 2 is 1.57 bits per heavy atom. The summed E-state index contributed by atoms with van der Waals surface area (Å²) in [6, 6.07) is 5.46. The summed E-state index contributed by atoms with van der Waals surface area (Å²) in [6.45, 7) is 0.676. The number of carbonyl (C=O) groups excluding carboxylic acids is 1. The van der Waals surface area contributed by atoms with Crippen molar-refractivity contribution in [2.45, 2.75) is 13.0 Å². The van der Waals surface area contributed by atoms with E-state index in [0.717, 1.165) is 6.92 Å². The van der Waals surface area contributed by atoms with E-state index in [2.05, 4.69) is 9.26 Å². The Labute approximate surface area is 167 Å². The maximum absolute atomic E-state index is 14.0. The molecule has 0 aromatic heterocycles. The van der Waals surface area contributed by atoms with Crippen molar-refractivity contribution in [2.24, 2.45) is 0 Å². The molecule has 0 saturated carbocycles. The first-order valence-corrected chi connectivity index (χ1v) is 9.57. The van der Waals surface area contributed by atoms with Gasteiger partial charge in [-0.05, 0) is 19.1 Å². The Morgan fingerprint density at radius 1 is 1.03 bits per heavy atom. The number of benzene rings is 2. The van der Waals surface area contributed by atoms with Crippen LogP contribution in [0.25, 0.3) is 0 Å². The van der Waals surface area contributed by atoms with E-state index in [1.54, 1.807) is 6.07 Å². The zero-order chi connectivity index (χ0) is 22.5. The fourth-order valence-electron chi connectivity index (χ4n) is 2.00. The third-order valence-electron chi connectivity index (χ3n) is 3.35. The number of rotatable bonds is 8. The van der Waals surface area contributed by atoms with Crippen LogP contribution in [0.15, 0.2) is 30.3 Å². The van der Waals surface area contributed by atoms with E-state index in [4.69, 9.17) is 10.9 Å². The lowest BCUT2D eigenvalue weighted by atomic mass is 10.3. The van der Waals surface area contributed by atoms with Crippen LogP contribution in [-0.2, 0) is 14.1 Å². The summed E-state index contributed by atoms with van der Waals surface area (Å²) < 4.78 is 95.4. The van der Waals surface area contributed by atoms with Crippen LogP contribution in [0.5, 0.6) is 11.5 Å². The fourth-order valence-corrected chi connectivity index (χ4v) is 3.53. The third-order valence-corrected chi connectivity index (χ3v) is 4.93. The first-order valence-electron chi connectivity index (χ1n) is 8.03. The van der Waals surface area contributed by atoms with Gasteiger partial charge in [-0.1, -0.05) is 24.1 Å². The van der Waals surface area contributed by atoms with Crippen molar-refractivity contribution in [1.29, 1.82) is 0 Å². The average Bonchev–Trinajstić information content (AvgIpc) is 2.72. The van der Waals surface area contributed by atoms with Gasteiger partial charge in [0.1, 0.15) is 11.8 Å². The topological polar surface area (TPSA) is 73.9 Å². The van der Waals surface area contributed by atoms with E-state index < -0.39 is 61.2 Å². The van der Waals surface area contributed by atoms with Gasteiger partial charge in [0.05, 0.1) is 0 Å². The van der Waals surface area contributed by atoms with Gasteiger partial charge in [0.15, 0.2) is 6.61 Å². The maximum atomic E-state index is 14.0. The smallest absolute Gasteiger partial charge is 0.451 e. The second-order valence-electron chi connectivity index (χ2n) is 5.55. The first kappa shape index (κ1) is 23.2. The molecule has 0 saturated heterocycles. The number of para-hydroxylation sites is 1. The van der Waals surface area contributed by atoms with E-state index in [0.29, 0.717) is 0 Å². The molecule has 0 amide bonds. The minimum Gasteiger partial charge on any atom is -0.451 e. The molecule has 2 aromatic carbocycles. The number of hydrogen-bond donors (Lipinski definition) is 1. The summed E-state index contributed by atoms with van der Waals surface area (Å²) in [6.07, 6.45) is 4.95. The van der Waals surface area contributed by atoms with Gasteiger partial charge in [-0.15, -0.1) is 6.42 Å². The Balaban J connectivity index is 2.43. The monoisotopic (exact) mass is 449 g/mol. The van der Waals surface area contributed by atoms with E-state index in [9.17, 15) is 31.3 Å². The number of carbonyl (C=O) groups is 1. The summed E-state index contributed by atoms with van der Waals surface area (Å²) in [5.74, 6) is -12.9. The first-order chi connectivity index (χ1) is 14.1. The Morgan fingerprint density at radius 3 is 2.10 bits per heavy atom. The Kier molecular flexibility index (Phi) is 7.43. The number of nitrogens with one attached hydrogen (secondary N) is 1. The maximum Gasteiger partial charge on any atom is 0.513 e. The highest BCUT2D eigenvalue weighted by Crippen LogP contribution is 2.47. The Hall–Kier alpha value is -3.09. The van der Waals surface area contributed by atoms with Crippen molar-refractivity contribution in [2.75, 3.05) is 6.61 Å². The van der Waals surface area contributed by atoms with Gasteiger partial charge in [-0.2, -0.15) is 13.9 Å². The minimum absolute atomic E-state index is 0.165. The molecule has 160 valence electrons. The highest BCUT2D eigenvalue weighted by Gasteiger charge is 2.38. The molecule has 0 fully saturated rings. The molecule has 0 heterocycles. The second-order valence-corrected chi connectivity index (χ2v) is 7.17. The van der Waals surface area contributed by atoms with Crippen LogP contribution in [0.2, 0.25) is 0 Å². The zero-order valence-electron chi connectivity index (χ0n) is 15.1. The second kappa shape index (κ2) is 9.61. The summed E-state index contributed by atoms with van der Waals surface area (Å²) in [4.78, 5) is 11.8. The lowest BCUT2D eigenvalue weighted by Gasteiger charge is -2.23. The molecule has 0 unspecified atom stereocenters. The third kappa shape index (κ3) is 5.28. The van der Waals surface area contributed by atoms with Crippen molar-refractivity contribution in [3.8, 4) is 23.8 Å². The van der Waals surface area contributed by atoms with Gasteiger partial charge in [0.25, 0.3) is 0 Å². The number of terminal acetylenes is 1. The standard InChI is InChI=1S/C18H13F5NO5P/c1-3-9-27-18(25)10(2)24-30(26,28-11-7-5-4-6-8-11)29-17-15(22)13(20)12(19)14(21)16(17)23/h1,4-8,10H,9H2,2H3,(H,24,26)/t10-,30-/m0/s1. The van der Waals surface area contributed by atoms with Crippen LogP contribution >= 0.6 is 7.75 Å². The molecule has 2 atom stereocenters. The molecule has 30 heavy (non-hydrogen) atoms. The van der Waals surface area contributed by atoms with Crippen LogP contribution < -0.4 is 14.1 Å². The summed E-state index contributed by atoms with van der Waals surface area (Å²) >= 11 is 0. The number of halogens is 5. The van der Waals surface area contributed by atoms with Gasteiger partial charge >= 0.3 is 13.7 Å². The van der Waals surface area contributed by atoms with Gasteiger partial charge in [-0.3, -0.25) is 4.79 Å². The average molecular weight is 449 g/mol. The molecule has 0 bridgehead atoms. The lowest BCUT2D eigenvalue weighted by Crippen LogP contribution is -2.36. The van der Waals surface area contributed by atoms with Crippen molar-refractivity contribution in [3.05, 3.63) is 59.4 Å². The highest BCUT2D eigenvalue weighted by molar-refractivity contribution is 7.52. The normalized spacial score (nSPS) is 13.6. The van der Waals surface area contributed by atoms with Gasteiger partial charge in [0.2, 0.25) is 34.8 Å². The molecular formula is C18H13F5NO5P. The van der Waals surface area contributed by atoms with Crippen molar-refractivity contribution in [3.63, 3.8) is 0 Å². The Bertz CT molecular complexity index is 999. The highest BCUT2D eigenvalue weighted by atomic mass is 31.2. The van der Waals surface area contributed by atoms with E-state index in [1.807, 2.05) is 11.0 Å². The fraction of sp³-hybridized carbons (Fsp3) is 0.167. The molecule has 0 radical (unpaired) electrons. The van der Waals surface area contributed by atoms with Crippen LogP contribution in [0.4, 0.5) is 22.0 Å². The van der Waals surface area contributed by atoms with Gasteiger partial charge in [0, 0.05) is 0 Å². The summed E-state index contributed by atoms with van der Waals surface area (Å²) in [7, 11) is -4.95. The van der Waals surface area contributed by atoms with E-state index in [1.165, 1.54) is 24.3 Å². The molecule has 2 rings (SSSR count). The van der Waals surface area contributed by atoms with E-state index >= 15 is 0 Å². The zero-order valence-corrected chi connectivity index (χ0v) is 16.0. The molecule has 0 aliphatic carbocycles. The quantitative estimate of drug-likeness (QED) is 0.163. The SMILES string of the molecule is C#CCOC(=O)[C@H](C)N[P@](=O)(Oc1ccccc1)Oc1c(F)c(F)c(F)c(F)c1F. The van der Waals surface area contributed by atoms with Crippen molar-refractivity contribution >= 4 is 13.7 Å².